The molecule has 0 saturated heterocycles. The number of pyridine rings is 1. The molecule has 24 heavy (non-hydrogen) atoms. The monoisotopic (exact) mass is 330 g/mol. The lowest BCUT2D eigenvalue weighted by molar-refractivity contribution is -0.130. The lowest BCUT2D eigenvalue weighted by atomic mass is 9.95. The van der Waals surface area contributed by atoms with Gasteiger partial charge in [0.1, 0.15) is 0 Å². The fourth-order valence-corrected chi connectivity index (χ4v) is 3.28. The van der Waals surface area contributed by atoms with E-state index in [9.17, 15) is 14.7 Å². The molecule has 0 radical (unpaired) electrons. The molecule has 0 spiro atoms. The molecule has 0 aromatic carbocycles. The SMILES string of the molecule is CCCC[C@@H](CC)CN1C(=O)C(O)=C(C(C)=O)[C@H]1c1cccnc1. The molecule has 1 amide bonds. The van der Waals surface area contributed by atoms with Crippen molar-refractivity contribution in [3.63, 3.8) is 0 Å². The maximum atomic E-state index is 12.6. The molecule has 0 saturated carbocycles. The number of aromatic nitrogens is 1. The van der Waals surface area contributed by atoms with E-state index in [0.717, 1.165) is 31.2 Å². The Kier molecular flexibility index (Phi) is 6.12. The molecule has 2 heterocycles. The number of Topliss-reactive ketones (excluding diaryl/α,β-unsaturated/α-hetero) is 1. The third kappa shape index (κ3) is 3.66. The quantitative estimate of drug-likeness (QED) is 0.791. The van der Waals surface area contributed by atoms with Crippen LogP contribution in [0.1, 0.15) is 58.1 Å². The molecule has 2 rings (SSSR count). The highest BCUT2D eigenvalue weighted by atomic mass is 16.3. The van der Waals surface area contributed by atoms with Gasteiger partial charge in [-0.15, -0.1) is 0 Å². The molecule has 0 fully saturated rings. The molecule has 5 heteroatoms. The summed E-state index contributed by atoms with van der Waals surface area (Å²) in [6.07, 6.45) is 7.51. The van der Waals surface area contributed by atoms with E-state index in [1.165, 1.54) is 6.92 Å². The number of carbonyl (C=O) groups excluding carboxylic acids is 2. The van der Waals surface area contributed by atoms with Gasteiger partial charge in [0.2, 0.25) is 0 Å². The van der Waals surface area contributed by atoms with Crippen LogP contribution in [0.5, 0.6) is 0 Å². The van der Waals surface area contributed by atoms with Crippen LogP contribution in [0.2, 0.25) is 0 Å². The second-order valence-corrected chi connectivity index (χ2v) is 6.38. The van der Waals surface area contributed by atoms with Crippen molar-refractivity contribution in [2.24, 2.45) is 5.92 Å². The van der Waals surface area contributed by atoms with E-state index in [1.54, 1.807) is 23.4 Å². The Balaban J connectivity index is 2.35. The average molecular weight is 330 g/mol. The standard InChI is InChI=1S/C19H26N2O3/c1-4-6-8-14(5-2)12-21-17(15-9-7-10-20-11-15)16(13(3)22)18(23)19(21)24/h7,9-11,14,17,23H,4-6,8,12H2,1-3H3/t14-,17-/m1/s1. The Hall–Kier alpha value is -2.17. The minimum absolute atomic E-state index is 0.179. The van der Waals surface area contributed by atoms with Crippen LogP contribution in [0.4, 0.5) is 0 Å². The molecule has 130 valence electrons. The normalized spacial score (nSPS) is 19.0. The second-order valence-electron chi connectivity index (χ2n) is 6.38. The van der Waals surface area contributed by atoms with Gasteiger partial charge in [-0.05, 0) is 30.9 Å². The number of nitrogens with zero attached hydrogens (tertiary/aromatic N) is 2. The minimum Gasteiger partial charge on any atom is -0.503 e. The zero-order chi connectivity index (χ0) is 17.7. The van der Waals surface area contributed by atoms with Crippen molar-refractivity contribution in [2.75, 3.05) is 6.54 Å². The molecule has 1 aliphatic heterocycles. The van der Waals surface area contributed by atoms with Gasteiger partial charge in [-0.3, -0.25) is 14.6 Å². The zero-order valence-corrected chi connectivity index (χ0v) is 14.7. The van der Waals surface area contributed by atoms with Crippen LogP contribution in [0.15, 0.2) is 35.9 Å². The number of carbonyl (C=O) groups is 2. The van der Waals surface area contributed by atoms with Gasteiger partial charge in [-0.1, -0.05) is 39.2 Å². The van der Waals surface area contributed by atoms with Crippen molar-refractivity contribution in [3.8, 4) is 0 Å². The molecule has 1 aromatic rings. The molecule has 0 aliphatic carbocycles. The summed E-state index contributed by atoms with van der Waals surface area (Å²) in [6, 6.07) is 3.07. The summed E-state index contributed by atoms with van der Waals surface area (Å²) in [7, 11) is 0. The summed E-state index contributed by atoms with van der Waals surface area (Å²) in [5.41, 5.74) is 0.934. The number of rotatable bonds is 8. The van der Waals surface area contributed by atoms with Gasteiger partial charge in [0.05, 0.1) is 11.6 Å². The molecular weight excluding hydrogens is 304 g/mol. The van der Waals surface area contributed by atoms with Crippen molar-refractivity contribution in [1.29, 1.82) is 0 Å². The van der Waals surface area contributed by atoms with Crippen LogP contribution < -0.4 is 0 Å². The van der Waals surface area contributed by atoms with Gasteiger partial charge in [-0.2, -0.15) is 0 Å². The van der Waals surface area contributed by atoms with Crippen LogP contribution >= 0.6 is 0 Å². The first kappa shape index (κ1) is 18.2. The van der Waals surface area contributed by atoms with Crippen LogP contribution in [0.3, 0.4) is 0 Å². The van der Waals surface area contributed by atoms with Crippen molar-refractivity contribution >= 4 is 11.7 Å². The van der Waals surface area contributed by atoms with Gasteiger partial charge in [0.15, 0.2) is 11.5 Å². The summed E-state index contributed by atoms with van der Waals surface area (Å²) in [5.74, 6) is -0.795. The maximum absolute atomic E-state index is 12.6. The molecule has 0 unspecified atom stereocenters. The van der Waals surface area contributed by atoms with Gasteiger partial charge in [0, 0.05) is 18.9 Å². The molecule has 2 atom stereocenters. The Morgan fingerprint density at radius 3 is 2.71 bits per heavy atom. The average Bonchev–Trinajstić information content (AvgIpc) is 2.84. The molecule has 1 aromatic heterocycles. The summed E-state index contributed by atoms with van der Waals surface area (Å²) < 4.78 is 0. The number of amides is 1. The van der Waals surface area contributed by atoms with Crippen molar-refractivity contribution < 1.29 is 14.7 Å². The van der Waals surface area contributed by atoms with E-state index in [2.05, 4.69) is 18.8 Å². The van der Waals surface area contributed by atoms with Crippen molar-refractivity contribution in [3.05, 3.63) is 41.4 Å². The van der Waals surface area contributed by atoms with Gasteiger partial charge < -0.3 is 10.0 Å². The Labute approximate surface area is 143 Å². The van der Waals surface area contributed by atoms with Crippen molar-refractivity contribution in [2.45, 2.75) is 52.5 Å². The van der Waals surface area contributed by atoms with E-state index in [-0.39, 0.29) is 11.4 Å². The van der Waals surface area contributed by atoms with Gasteiger partial charge in [0.25, 0.3) is 5.91 Å². The Morgan fingerprint density at radius 2 is 2.17 bits per heavy atom. The van der Waals surface area contributed by atoms with E-state index < -0.39 is 17.7 Å². The zero-order valence-electron chi connectivity index (χ0n) is 14.7. The number of aliphatic hydroxyl groups excluding tert-OH is 1. The van der Waals surface area contributed by atoms with E-state index in [1.807, 2.05) is 6.07 Å². The van der Waals surface area contributed by atoms with Crippen molar-refractivity contribution in [1.82, 2.24) is 9.88 Å². The fourth-order valence-electron chi connectivity index (χ4n) is 3.28. The predicted molar refractivity (Wildman–Crippen MR) is 92.3 cm³/mol. The smallest absolute Gasteiger partial charge is 0.290 e. The number of aliphatic hydroxyl groups is 1. The van der Waals surface area contributed by atoms with Crippen LogP contribution in [-0.4, -0.2) is 33.2 Å². The predicted octanol–water partition coefficient (Wildman–Crippen LogP) is 3.58. The third-order valence-electron chi connectivity index (χ3n) is 4.68. The number of hydrogen-bond donors (Lipinski definition) is 1. The Morgan fingerprint density at radius 1 is 1.42 bits per heavy atom. The third-order valence-corrected chi connectivity index (χ3v) is 4.68. The topological polar surface area (TPSA) is 70.5 Å². The summed E-state index contributed by atoms with van der Waals surface area (Å²) in [5, 5.41) is 10.2. The summed E-state index contributed by atoms with van der Waals surface area (Å²) in [4.78, 5) is 30.4. The summed E-state index contributed by atoms with van der Waals surface area (Å²) >= 11 is 0. The summed E-state index contributed by atoms with van der Waals surface area (Å²) in [6.45, 7) is 6.18. The molecule has 1 aliphatic rings. The van der Waals surface area contributed by atoms with E-state index >= 15 is 0 Å². The first-order valence-corrected chi connectivity index (χ1v) is 8.66. The molecule has 0 bridgehead atoms. The number of ketones is 1. The fraction of sp³-hybridized carbons (Fsp3) is 0.526. The van der Waals surface area contributed by atoms with Crippen LogP contribution in [0, 0.1) is 5.92 Å². The number of unbranched alkanes of at least 4 members (excludes halogenated alkanes) is 1. The molecular formula is C19H26N2O3. The first-order valence-electron chi connectivity index (χ1n) is 8.66. The van der Waals surface area contributed by atoms with E-state index in [0.29, 0.717) is 12.5 Å². The second kappa shape index (κ2) is 8.08. The lowest BCUT2D eigenvalue weighted by Gasteiger charge is -2.30. The largest absolute Gasteiger partial charge is 0.503 e. The highest BCUT2D eigenvalue weighted by Gasteiger charge is 2.42. The minimum atomic E-state index is -0.542. The highest BCUT2D eigenvalue weighted by molar-refractivity contribution is 6.08. The molecule has 5 nitrogen and oxygen atoms in total. The van der Waals surface area contributed by atoms with Crippen LogP contribution in [-0.2, 0) is 9.59 Å². The van der Waals surface area contributed by atoms with Gasteiger partial charge >= 0.3 is 0 Å². The van der Waals surface area contributed by atoms with Gasteiger partial charge in [-0.25, -0.2) is 0 Å². The molecule has 1 N–H and O–H groups in total. The maximum Gasteiger partial charge on any atom is 0.290 e. The van der Waals surface area contributed by atoms with Crippen LogP contribution in [0.25, 0.3) is 0 Å². The lowest BCUT2D eigenvalue weighted by Crippen LogP contribution is -2.35. The number of hydrogen-bond acceptors (Lipinski definition) is 4. The Bertz CT molecular complexity index is 625. The highest BCUT2D eigenvalue weighted by Crippen LogP contribution is 2.38. The first-order chi connectivity index (χ1) is 11.5. The van der Waals surface area contributed by atoms with E-state index in [4.69, 9.17) is 0 Å².